The maximum absolute atomic E-state index is 13.0. The summed E-state index contributed by atoms with van der Waals surface area (Å²) in [4.78, 5) is 6.57. The maximum Gasteiger partial charge on any atom is 0.416 e. The van der Waals surface area contributed by atoms with Crippen LogP contribution in [-0.2, 0) is 12.7 Å². The number of benzene rings is 2. The number of hydrogen-bond donors (Lipinski definition) is 1. The van der Waals surface area contributed by atoms with Crippen LogP contribution in [-0.4, -0.2) is 29.5 Å². The van der Waals surface area contributed by atoms with Crippen molar-refractivity contribution in [2.45, 2.75) is 46.3 Å². The van der Waals surface area contributed by atoms with Crippen LogP contribution in [0.25, 0.3) is 10.9 Å². The molecule has 0 atom stereocenters. The number of rotatable bonds is 9. The highest BCUT2D eigenvalue weighted by molar-refractivity contribution is 5.91. The average molecular weight is 430 g/mol. The Morgan fingerprint density at radius 1 is 1.00 bits per heavy atom. The standard InChI is InChI=1S/C25H30F3N3/c1-4-13-31(17-20-15-18(2)6-7-19(20)3)14-5-11-29-23-10-12-30-24-16-21(25(26,27)28)8-9-22(23)24/h6-10,12,15-16H,4-5,11,13-14,17H2,1-3H3,(H,29,30). The van der Waals surface area contributed by atoms with Gasteiger partial charge in [-0.05, 0) is 62.6 Å². The van der Waals surface area contributed by atoms with Crippen LogP contribution in [0.2, 0.25) is 0 Å². The molecule has 0 fully saturated rings. The van der Waals surface area contributed by atoms with Crippen molar-refractivity contribution in [2.75, 3.05) is 25.0 Å². The van der Waals surface area contributed by atoms with Gasteiger partial charge in [0.25, 0.3) is 0 Å². The molecule has 0 bridgehead atoms. The van der Waals surface area contributed by atoms with Crippen LogP contribution in [0.15, 0.2) is 48.7 Å². The molecule has 0 unspecified atom stereocenters. The number of fused-ring (bicyclic) bond motifs is 1. The third-order valence-corrected chi connectivity index (χ3v) is 5.48. The van der Waals surface area contributed by atoms with Crippen LogP contribution in [0, 0.1) is 13.8 Å². The molecule has 3 nitrogen and oxygen atoms in total. The maximum atomic E-state index is 13.0. The zero-order valence-corrected chi connectivity index (χ0v) is 18.4. The molecule has 0 aliphatic heterocycles. The average Bonchev–Trinajstić information content (AvgIpc) is 2.73. The van der Waals surface area contributed by atoms with Crippen LogP contribution < -0.4 is 5.32 Å². The van der Waals surface area contributed by atoms with E-state index in [4.69, 9.17) is 0 Å². The SMILES string of the molecule is CCCN(CCCNc1ccnc2cc(C(F)(F)F)ccc12)Cc1cc(C)ccc1C. The number of nitrogens with zero attached hydrogens (tertiary/aromatic N) is 2. The number of hydrogen-bond acceptors (Lipinski definition) is 3. The number of anilines is 1. The lowest BCUT2D eigenvalue weighted by Crippen LogP contribution is -2.27. The Kier molecular flexibility index (Phi) is 7.55. The van der Waals surface area contributed by atoms with Gasteiger partial charge in [0, 0.05) is 36.9 Å². The fourth-order valence-electron chi connectivity index (χ4n) is 3.80. The number of alkyl halides is 3. The topological polar surface area (TPSA) is 28.2 Å². The van der Waals surface area contributed by atoms with Gasteiger partial charge in [-0.15, -0.1) is 0 Å². The Morgan fingerprint density at radius 3 is 2.55 bits per heavy atom. The molecule has 3 rings (SSSR count). The van der Waals surface area contributed by atoms with E-state index >= 15 is 0 Å². The molecule has 31 heavy (non-hydrogen) atoms. The Labute approximate surface area is 182 Å². The largest absolute Gasteiger partial charge is 0.416 e. The first kappa shape index (κ1) is 23.1. The van der Waals surface area contributed by atoms with Crippen LogP contribution >= 0.6 is 0 Å². The molecule has 1 N–H and O–H groups in total. The minimum Gasteiger partial charge on any atom is -0.384 e. The van der Waals surface area contributed by atoms with E-state index in [1.54, 1.807) is 6.20 Å². The molecule has 0 radical (unpaired) electrons. The molecular formula is C25H30F3N3. The molecular weight excluding hydrogens is 399 g/mol. The van der Waals surface area contributed by atoms with Crippen LogP contribution in [0.4, 0.5) is 18.9 Å². The fraction of sp³-hybridized carbons (Fsp3) is 0.400. The van der Waals surface area contributed by atoms with Gasteiger partial charge < -0.3 is 5.32 Å². The van der Waals surface area contributed by atoms with Gasteiger partial charge in [-0.25, -0.2) is 0 Å². The number of halogens is 3. The number of aryl methyl sites for hydroxylation is 2. The molecule has 2 aromatic carbocycles. The Bertz CT molecular complexity index is 1010. The third kappa shape index (κ3) is 6.20. The van der Waals surface area contributed by atoms with E-state index in [1.165, 1.54) is 22.8 Å². The van der Waals surface area contributed by atoms with E-state index < -0.39 is 11.7 Å². The van der Waals surface area contributed by atoms with E-state index in [-0.39, 0.29) is 0 Å². The number of aromatic nitrogens is 1. The van der Waals surface area contributed by atoms with Crippen molar-refractivity contribution in [1.82, 2.24) is 9.88 Å². The summed E-state index contributed by atoms with van der Waals surface area (Å²) in [6, 6.07) is 12.1. The monoisotopic (exact) mass is 429 g/mol. The third-order valence-electron chi connectivity index (χ3n) is 5.48. The highest BCUT2D eigenvalue weighted by Crippen LogP contribution is 2.32. The summed E-state index contributed by atoms with van der Waals surface area (Å²) >= 11 is 0. The molecule has 1 aromatic heterocycles. The van der Waals surface area contributed by atoms with E-state index in [2.05, 4.69) is 54.2 Å². The predicted octanol–water partition coefficient (Wildman–Crippen LogP) is 6.58. The normalized spacial score (nSPS) is 12.0. The van der Waals surface area contributed by atoms with Gasteiger partial charge in [0.15, 0.2) is 0 Å². The highest BCUT2D eigenvalue weighted by Gasteiger charge is 2.30. The molecule has 3 aromatic rings. The Hall–Kier alpha value is -2.60. The molecule has 6 heteroatoms. The second-order valence-electron chi connectivity index (χ2n) is 8.07. The van der Waals surface area contributed by atoms with Gasteiger partial charge >= 0.3 is 6.18 Å². The molecule has 0 amide bonds. The summed E-state index contributed by atoms with van der Waals surface area (Å²) in [7, 11) is 0. The molecule has 0 aliphatic carbocycles. The summed E-state index contributed by atoms with van der Waals surface area (Å²) in [6.45, 7) is 10.1. The van der Waals surface area contributed by atoms with E-state index in [1.807, 2.05) is 6.07 Å². The quantitative estimate of drug-likeness (QED) is 0.389. The second kappa shape index (κ2) is 10.1. The van der Waals surface area contributed by atoms with Crippen LogP contribution in [0.5, 0.6) is 0 Å². The van der Waals surface area contributed by atoms with Gasteiger partial charge in [-0.3, -0.25) is 9.88 Å². The van der Waals surface area contributed by atoms with Crippen molar-refractivity contribution in [3.8, 4) is 0 Å². The molecule has 166 valence electrons. The predicted molar refractivity (Wildman–Crippen MR) is 121 cm³/mol. The molecule has 0 saturated carbocycles. The first-order valence-electron chi connectivity index (χ1n) is 10.8. The summed E-state index contributed by atoms with van der Waals surface area (Å²) in [5.41, 5.74) is 4.44. The summed E-state index contributed by atoms with van der Waals surface area (Å²) < 4.78 is 38.9. The molecule has 1 heterocycles. The first-order chi connectivity index (χ1) is 14.8. The van der Waals surface area contributed by atoms with Gasteiger partial charge in [0.1, 0.15) is 0 Å². The van der Waals surface area contributed by atoms with Crippen molar-refractivity contribution in [2.24, 2.45) is 0 Å². The second-order valence-corrected chi connectivity index (χ2v) is 8.07. The van der Waals surface area contributed by atoms with Crippen molar-refractivity contribution >= 4 is 16.6 Å². The summed E-state index contributed by atoms with van der Waals surface area (Å²) in [6.07, 6.45) is -0.781. The smallest absolute Gasteiger partial charge is 0.384 e. The lowest BCUT2D eigenvalue weighted by atomic mass is 10.0. The number of pyridine rings is 1. The first-order valence-corrected chi connectivity index (χ1v) is 10.8. The summed E-state index contributed by atoms with van der Waals surface area (Å²) in [5.74, 6) is 0. The Morgan fingerprint density at radius 2 is 1.81 bits per heavy atom. The van der Waals surface area contributed by atoms with Crippen molar-refractivity contribution in [1.29, 1.82) is 0 Å². The van der Waals surface area contributed by atoms with E-state index in [0.717, 1.165) is 56.8 Å². The van der Waals surface area contributed by atoms with Crippen molar-refractivity contribution in [3.63, 3.8) is 0 Å². The highest BCUT2D eigenvalue weighted by atomic mass is 19.4. The minimum absolute atomic E-state index is 0.349. The zero-order valence-electron chi connectivity index (χ0n) is 18.4. The van der Waals surface area contributed by atoms with Crippen molar-refractivity contribution in [3.05, 3.63) is 70.9 Å². The van der Waals surface area contributed by atoms with Crippen molar-refractivity contribution < 1.29 is 13.2 Å². The van der Waals surface area contributed by atoms with Crippen LogP contribution in [0.3, 0.4) is 0 Å². The minimum atomic E-state index is -4.36. The number of nitrogens with one attached hydrogen (secondary N) is 1. The van der Waals surface area contributed by atoms with Gasteiger partial charge in [-0.1, -0.05) is 36.8 Å². The van der Waals surface area contributed by atoms with E-state index in [9.17, 15) is 13.2 Å². The molecule has 0 saturated heterocycles. The van der Waals surface area contributed by atoms with E-state index in [0.29, 0.717) is 10.9 Å². The zero-order chi connectivity index (χ0) is 22.4. The van der Waals surface area contributed by atoms with Gasteiger partial charge in [0.05, 0.1) is 11.1 Å². The molecule has 0 aliphatic rings. The van der Waals surface area contributed by atoms with Gasteiger partial charge in [0.2, 0.25) is 0 Å². The lowest BCUT2D eigenvalue weighted by Gasteiger charge is -2.23. The molecule has 0 spiro atoms. The fourth-order valence-corrected chi connectivity index (χ4v) is 3.80. The van der Waals surface area contributed by atoms with Crippen LogP contribution in [0.1, 0.15) is 42.0 Å². The summed E-state index contributed by atoms with van der Waals surface area (Å²) in [5, 5.41) is 4.08. The Balaban J connectivity index is 1.61. The lowest BCUT2D eigenvalue weighted by molar-refractivity contribution is -0.137. The van der Waals surface area contributed by atoms with Gasteiger partial charge in [-0.2, -0.15) is 13.2 Å².